The molecule has 0 radical (unpaired) electrons. The molecule has 3 rings (SSSR count). The number of carbonyl (C=O) groups is 1. The number of hydrogen-bond acceptors (Lipinski definition) is 5. The lowest BCUT2D eigenvalue weighted by Gasteiger charge is -2.38. The second-order valence-electron chi connectivity index (χ2n) is 10.1. The zero-order chi connectivity index (χ0) is 27.8. The van der Waals surface area contributed by atoms with Crippen LogP contribution in [0.15, 0.2) is 97.2 Å². The highest BCUT2D eigenvalue weighted by Crippen LogP contribution is 2.45. The fraction of sp³-hybridized carbons (Fsp3) is 0.281. The van der Waals surface area contributed by atoms with Crippen LogP contribution in [0.1, 0.15) is 44.7 Å². The highest BCUT2D eigenvalue weighted by molar-refractivity contribution is 5.90. The van der Waals surface area contributed by atoms with Crippen LogP contribution in [-0.2, 0) is 10.2 Å². The van der Waals surface area contributed by atoms with Crippen LogP contribution in [0, 0.1) is 28.6 Å². The Morgan fingerprint density at radius 3 is 1.92 bits per heavy atom. The summed E-state index contributed by atoms with van der Waals surface area (Å²) in [6.07, 6.45) is 2.99. The van der Waals surface area contributed by atoms with Crippen LogP contribution in [0.3, 0.4) is 0 Å². The molecule has 0 unspecified atom stereocenters. The van der Waals surface area contributed by atoms with Gasteiger partial charge in [0.05, 0.1) is 24.9 Å². The number of rotatable bonds is 8. The molecule has 0 fully saturated rings. The van der Waals surface area contributed by atoms with Gasteiger partial charge >= 0.3 is 6.09 Å². The second kappa shape index (κ2) is 12.1. The maximum atomic E-state index is 13.3. The average Bonchev–Trinajstić information content (AvgIpc) is 2.91. The topological polar surface area (TPSA) is 86.4 Å². The molecule has 0 N–H and O–H groups in total. The summed E-state index contributed by atoms with van der Waals surface area (Å²) in [4.78, 5) is 14.8. The van der Waals surface area contributed by atoms with Gasteiger partial charge in [-0.05, 0) is 56.2 Å². The molecule has 0 bridgehead atoms. The Labute approximate surface area is 225 Å². The van der Waals surface area contributed by atoms with Gasteiger partial charge < -0.3 is 9.47 Å². The molecule has 6 nitrogen and oxygen atoms in total. The average molecular weight is 508 g/mol. The Hall–Kier alpha value is -4.55. The van der Waals surface area contributed by atoms with E-state index in [-0.39, 0.29) is 0 Å². The number of nitriles is 2. The van der Waals surface area contributed by atoms with Crippen molar-refractivity contribution in [2.75, 3.05) is 12.0 Å². The Morgan fingerprint density at radius 1 is 0.868 bits per heavy atom. The van der Waals surface area contributed by atoms with Crippen molar-refractivity contribution < 1.29 is 14.3 Å². The van der Waals surface area contributed by atoms with Crippen LogP contribution in [0.2, 0.25) is 0 Å². The number of allylic oxidation sites excluding steroid dienone is 1. The molecule has 0 spiro atoms. The monoisotopic (exact) mass is 507 g/mol. The van der Waals surface area contributed by atoms with Gasteiger partial charge in [-0.25, -0.2) is 4.79 Å². The number of methoxy groups -OCH3 is 1. The molecule has 2 atom stereocenters. The summed E-state index contributed by atoms with van der Waals surface area (Å²) in [6, 6.07) is 30.8. The molecule has 0 saturated carbocycles. The third-order valence-corrected chi connectivity index (χ3v) is 6.43. The number of amides is 1. The molecule has 0 aliphatic rings. The number of ether oxygens (including phenoxy) is 2. The minimum Gasteiger partial charge on any atom is -0.497 e. The van der Waals surface area contributed by atoms with Gasteiger partial charge in [0.25, 0.3) is 0 Å². The smallest absolute Gasteiger partial charge is 0.418 e. The normalized spacial score (nSPS) is 13.7. The van der Waals surface area contributed by atoms with Crippen molar-refractivity contribution in [3.63, 3.8) is 0 Å². The second-order valence-corrected chi connectivity index (χ2v) is 10.1. The van der Waals surface area contributed by atoms with E-state index in [2.05, 4.69) is 12.1 Å². The predicted molar refractivity (Wildman–Crippen MR) is 149 cm³/mol. The third-order valence-electron chi connectivity index (χ3n) is 6.43. The van der Waals surface area contributed by atoms with Crippen LogP contribution in [-0.4, -0.2) is 18.8 Å². The van der Waals surface area contributed by atoms with Gasteiger partial charge in [-0.3, -0.25) is 4.90 Å². The lowest BCUT2D eigenvalue weighted by atomic mass is 9.62. The minimum absolute atomic E-state index is 0.432. The van der Waals surface area contributed by atoms with Crippen LogP contribution in [0.25, 0.3) is 0 Å². The van der Waals surface area contributed by atoms with Crippen molar-refractivity contribution in [3.05, 3.63) is 108 Å². The van der Waals surface area contributed by atoms with E-state index in [9.17, 15) is 15.3 Å². The SMILES string of the molecule is COc1ccc(N(/C=C\[C@@H](c2ccccc2)[C@](C)(c2ccccc2)C(C#N)C#N)C(=O)OC(C)(C)C)cc1. The number of benzene rings is 3. The van der Waals surface area contributed by atoms with E-state index in [1.54, 1.807) is 37.6 Å². The maximum Gasteiger partial charge on any atom is 0.418 e. The first-order chi connectivity index (χ1) is 18.1. The summed E-state index contributed by atoms with van der Waals surface area (Å²) in [5, 5.41) is 20.1. The number of nitrogens with zero attached hydrogens (tertiary/aromatic N) is 3. The molecule has 38 heavy (non-hydrogen) atoms. The van der Waals surface area contributed by atoms with Crippen molar-refractivity contribution in [1.82, 2.24) is 0 Å². The van der Waals surface area contributed by atoms with Crippen molar-refractivity contribution >= 4 is 11.8 Å². The molecule has 194 valence electrons. The summed E-state index contributed by atoms with van der Waals surface area (Å²) in [6.45, 7) is 7.35. The van der Waals surface area contributed by atoms with Gasteiger partial charge in [-0.2, -0.15) is 10.5 Å². The molecule has 3 aromatic rings. The largest absolute Gasteiger partial charge is 0.497 e. The van der Waals surface area contributed by atoms with E-state index in [1.165, 1.54) is 4.90 Å². The summed E-state index contributed by atoms with van der Waals surface area (Å²) in [5.74, 6) is -0.735. The van der Waals surface area contributed by atoms with E-state index < -0.39 is 28.9 Å². The first-order valence-corrected chi connectivity index (χ1v) is 12.4. The third kappa shape index (κ3) is 6.41. The van der Waals surface area contributed by atoms with Crippen LogP contribution in [0.5, 0.6) is 5.75 Å². The predicted octanol–water partition coefficient (Wildman–Crippen LogP) is 7.36. The van der Waals surface area contributed by atoms with Crippen LogP contribution >= 0.6 is 0 Å². The Balaban J connectivity index is 2.20. The van der Waals surface area contributed by atoms with Gasteiger partial charge in [0.15, 0.2) is 0 Å². The molecule has 6 heteroatoms. The quantitative estimate of drug-likeness (QED) is 0.318. The highest BCUT2D eigenvalue weighted by Gasteiger charge is 2.43. The van der Waals surface area contributed by atoms with Crippen molar-refractivity contribution in [2.45, 2.75) is 44.6 Å². The lowest BCUT2D eigenvalue weighted by molar-refractivity contribution is 0.0596. The number of carbonyl (C=O) groups excluding carboxylic acids is 1. The molecule has 0 aromatic heterocycles. The van der Waals surface area contributed by atoms with E-state index in [1.807, 2.05) is 94.4 Å². The van der Waals surface area contributed by atoms with Crippen LogP contribution in [0.4, 0.5) is 10.5 Å². The van der Waals surface area contributed by atoms with Crippen LogP contribution < -0.4 is 9.64 Å². The summed E-state index contributed by atoms with van der Waals surface area (Å²) >= 11 is 0. The first kappa shape index (κ1) is 28.0. The van der Waals surface area contributed by atoms with Crippen molar-refractivity contribution in [1.29, 1.82) is 10.5 Å². The van der Waals surface area contributed by atoms with Gasteiger partial charge in [0, 0.05) is 17.5 Å². The Morgan fingerprint density at radius 2 is 1.42 bits per heavy atom. The number of hydrogen-bond donors (Lipinski definition) is 0. The summed E-state index contributed by atoms with van der Waals surface area (Å²) in [5.41, 5.74) is 0.702. The van der Waals surface area contributed by atoms with E-state index in [4.69, 9.17) is 9.47 Å². The molecular formula is C32H33N3O3. The molecule has 0 aliphatic heterocycles. The highest BCUT2D eigenvalue weighted by atomic mass is 16.6. The lowest BCUT2D eigenvalue weighted by Crippen LogP contribution is -2.37. The molecule has 0 saturated heterocycles. The van der Waals surface area contributed by atoms with Crippen molar-refractivity contribution in [2.24, 2.45) is 5.92 Å². The first-order valence-electron chi connectivity index (χ1n) is 12.4. The molecular weight excluding hydrogens is 474 g/mol. The summed E-state index contributed by atoms with van der Waals surface area (Å²) in [7, 11) is 1.58. The van der Waals surface area contributed by atoms with Gasteiger partial charge in [-0.15, -0.1) is 0 Å². The molecule has 3 aromatic carbocycles. The van der Waals surface area contributed by atoms with E-state index in [0.717, 1.165) is 11.1 Å². The standard InChI is InChI=1S/C32H33N3O3/c1-31(2,3)38-30(36)35(27-16-18-28(37-5)19-17-27)21-20-29(24-12-8-6-9-13-24)32(4,26(22-33)23-34)25-14-10-7-11-15-25/h6-21,26,29H,1-5H3/b21-20-/t29-,32+/m0/s1. The Kier molecular flexibility index (Phi) is 8.94. The van der Waals surface area contributed by atoms with E-state index >= 15 is 0 Å². The van der Waals surface area contributed by atoms with E-state index in [0.29, 0.717) is 11.4 Å². The molecule has 0 aliphatic carbocycles. The molecule has 0 heterocycles. The van der Waals surface area contributed by atoms with Gasteiger partial charge in [0.2, 0.25) is 0 Å². The van der Waals surface area contributed by atoms with Crippen molar-refractivity contribution in [3.8, 4) is 17.9 Å². The Bertz CT molecular complexity index is 1300. The van der Waals surface area contributed by atoms with Gasteiger partial charge in [0.1, 0.15) is 17.3 Å². The zero-order valence-electron chi connectivity index (χ0n) is 22.5. The number of anilines is 1. The summed E-state index contributed by atoms with van der Waals surface area (Å²) < 4.78 is 11.0. The fourth-order valence-electron chi connectivity index (χ4n) is 4.42. The molecule has 1 amide bonds. The minimum atomic E-state index is -0.962. The maximum absolute atomic E-state index is 13.3. The van der Waals surface area contributed by atoms with Gasteiger partial charge in [-0.1, -0.05) is 73.7 Å². The zero-order valence-corrected chi connectivity index (χ0v) is 22.5. The fourth-order valence-corrected chi connectivity index (χ4v) is 4.42.